The minimum Gasteiger partial charge on any atom is -0.493 e. The second-order valence-electron chi connectivity index (χ2n) is 6.42. The molecule has 1 aromatic carbocycles. The SMILES string of the molecule is Cc1ccc(C)c(OCCCCC(=O)NCCc2sc(C)nc2C)c1. The molecule has 5 heteroatoms. The topological polar surface area (TPSA) is 51.2 Å². The van der Waals surface area contributed by atoms with Crippen LogP contribution in [0.2, 0.25) is 0 Å². The Hall–Kier alpha value is -1.88. The second kappa shape index (κ2) is 9.56. The molecule has 0 spiro atoms. The maximum atomic E-state index is 11.9. The summed E-state index contributed by atoms with van der Waals surface area (Å²) >= 11 is 1.71. The Bertz CT molecular complexity index is 710. The van der Waals surface area contributed by atoms with Gasteiger partial charge in [0.25, 0.3) is 0 Å². The van der Waals surface area contributed by atoms with Gasteiger partial charge in [-0.05, 0) is 57.7 Å². The van der Waals surface area contributed by atoms with Crippen molar-refractivity contribution in [3.8, 4) is 5.75 Å². The molecule has 136 valence electrons. The van der Waals surface area contributed by atoms with Gasteiger partial charge in [0, 0.05) is 24.3 Å². The van der Waals surface area contributed by atoms with E-state index in [1.54, 1.807) is 11.3 Å². The van der Waals surface area contributed by atoms with Gasteiger partial charge in [-0.3, -0.25) is 4.79 Å². The molecule has 1 aromatic heterocycles. The lowest BCUT2D eigenvalue weighted by Crippen LogP contribution is -2.25. The summed E-state index contributed by atoms with van der Waals surface area (Å²) in [6.45, 7) is 9.48. The van der Waals surface area contributed by atoms with Gasteiger partial charge >= 0.3 is 0 Å². The molecule has 1 N–H and O–H groups in total. The second-order valence-corrected chi connectivity index (χ2v) is 7.70. The average Bonchev–Trinajstić information content (AvgIpc) is 2.88. The predicted octanol–water partition coefficient (Wildman–Crippen LogP) is 4.28. The fourth-order valence-electron chi connectivity index (χ4n) is 2.64. The lowest BCUT2D eigenvalue weighted by molar-refractivity contribution is -0.121. The maximum Gasteiger partial charge on any atom is 0.220 e. The first-order chi connectivity index (χ1) is 12.0. The van der Waals surface area contributed by atoms with E-state index in [4.69, 9.17) is 4.74 Å². The van der Waals surface area contributed by atoms with Crippen molar-refractivity contribution in [3.05, 3.63) is 44.9 Å². The number of nitrogens with one attached hydrogen (secondary N) is 1. The standard InChI is InChI=1S/C20H28N2O2S/c1-14-8-9-15(2)18(13-14)24-12-6-5-7-20(23)21-11-10-19-16(3)22-17(4)25-19/h8-9,13H,5-7,10-12H2,1-4H3,(H,21,23). The Morgan fingerprint density at radius 2 is 2.00 bits per heavy atom. The van der Waals surface area contributed by atoms with E-state index in [9.17, 15) is 4.79 Å². The quantitative estimate of drug-likeness (QED) is 0.679. The van der Waals surface area contributed by atoms with Gasteiger partial charge in [-0.1, -0.05) is 12.1 Å². The number of rotatable bonds is 9. The molecule has 0 saturated carbocycles. The number of nitrogens with zero attached hydrogens (tertiary/aromatic N) is 1. The molecule has 0 radical (unpaired) electrons. The number of unbranched alkanes of at least 4 members (excludes halogenated alkanes) is 1. The monoisotopic (exact) mass is 360 g/mol. The van der Waals surface area contributed by atoms with Gasteiger partial charge in [-0.25, -0.2) is 4.98 Å². The zero-order chi connectivity index (χ0) is 18.2. The third-order valence-electron chi connectivity index (χ3n) is 4.07. The third kappa shape index (κ3) is 6.50. The van der Waals surface area contributed by atoms with Gasteiger partial charge in [0.15, 0.2) is 0 Å². The number of carbonyl (C=O) groups excluding carboxylic acids is 1. The van der Waals surface area contributed by atoms with Crippen molar-refractivity contribution < 1.29 is 9.53 Å². The van der Waals surface area contributed by atoms with E-state index < -0.39 is 0 Å². The molecular weight excluding hydrogens is 332 g/mol. The van der Waals surface area contributed by atoms with Crippen LogP contribution in [0.25, 0.3) is 0 Å². The fraction of sp³-hybridized carbons (Fsp3) is 0.500. The number of aryl methyl sites for hydroxylation is 4. The molecule has 2 rings (SSSR count). The van der Waals surface area contributed by atoms with Crippen molar-refractivity contribution >= 4 is 17.2 Å². The Morgan fingerprint density at radius 3 is 2.72 bits per heavy atom. The van der Waals surface area contributed by atoms with E-state index in [-0.39, 0.29) is 5.91 Å². The van der Waals surface area contributed by atoms with Gasteiger partial charge in [0.1, 0.15) is 5.75 Å². The van der Waals surface area contributed by atoms with E-state index in [1.807, 2.05) is 13.8 Å². The highest BCUT2D eigenvalue weighted by molar-refractivity contribution is 7.11. The van der Waals surface area contributed by atoms with E-state index in [1.165, 1.54) is 10.4 Å². The van der Waals surface area contributed by atoms with Crippen LogP contribution in [0.4, 0.5) is 0 Å². The lowest BCUT2D eigenvalue weighted by Gasteiger charge is -2.10. The Labute approximate surface area is 154 Å². The third-order valence-corrected chi connectivity index (χ3v) is 5.21. The molecular formula is C20H28N2O2S. The molecule has 0 aliphatic rings. The summed E-state index contributed by atoms with van der Waals surface area (Å²) in [6, 6.07) is 6.22. The summed E-state index contributed by atoms with van der Waals surface area (Å²) < 4.78 is 5.82. The van der Waals surface area contributed by atoms with Crippen LogP contribution in [0, 0.1) is 27.7 Å². The van der Waals surface area contributed by atoms with Gasteiger partial charge in [-0.2, -0.15) is 0 Å². The molecule has 0 fully saturated rings. The Balaban J connectivity index is 1.58. The molecule has 0 bridgehead atoms. The molecule has 2 aromatic rings. The van der Waals surface area contributed by atoms with E-state index in [2.05, 4.69) is 42.3 Å². The van der Waals surface area contributed by atoms with Crippen molar-refractivity contribution in [2.75, 3.05) is 13.2 Å². The summed E-state index contributed by atoms with van der Waals surface area (Å²) in [7, 11) is 0. The van der Waals surface area contributed by atoms with Crippen LogP contribution in [0.15, 0.2) is 18.2 Å². The normalized spacial score (nSPS) is 10.7. The first-order valence-electron chi connectivity index (χ1n) is 8.85. The van der Waals surface area contributed by atoms with Crippen LogP contribution in [0.1, 0.15) is 46.0 Å². The number of ether oxygens (including phenoxy) is 1. The molecule has 0 aliphatic carbocycles. The van der Waals surface area contributed by atoms with Gasteiger partial charge in [0.05, 0.1) is 17.3 Å². The number of hydrogen-bond donors (Lipinski definition) is 1. The number of thiazole rings is 1. The predicted molar refractivity (Wildman–Crippen MR) is 104 cm³/mol. The van der Waals surface area contributed by atoms with Crippen molar-refractivity contribution in [1.82, 2.24) is 10.3 Å². The van der Waals surface area contributed by atoms with Crippen LogP contribution >= 0.6 is 11.3 Å². The molecule has 0 aliphatic heterocycles. The molecule has 0 saturated heterocycles. The Kier molecular flexibility index (Phi) is 7.44. The minimum absolute atomic E-state index is 0.116. The minimum atomic E-state index is 0.116. The first kappa shape index (κ1) is 19.4. The van der Waals surface area contributed by atoms with Crippen LogP contribution in [0.3, 0.4) is 0 Å². The van der Waals surface area contributed by atoms with Crippen molar-refractivity contribution in [3.63, 3.8) is 0 Å². The number of amides is 1. The van der Waals surface area contributed by atoms with Gasteiger partial charge in [0.2, 0.25) is 5.91 Å². The Morgan fingerprint density at radius 1 is 1.20 bits per heavy atom. The summed E-state index contributed by atoms with van der Waals surface area (Å²) in [4.78, 5) is 17.6. The van der Waals surface area contributed by atoms with Gasteiger partial charge in [-0.15, -0.1) is 11.3 Å². The van der Waals surface area contributed by atoms with Gasteiger partial charge < -0.3 is 10.1 Å². The summed E-state index contributed by atoms with van der Waals surface area (Å²) in [6.07, 6.45) is 3.14. The maximum absolute atomic E-state index is 11.9. The van der Waals surface area contributed by atoms with Crippen LogP contribution in [0.5, 0.6) is 5.75 Å². The first-order valence-corrected chi connectivity index (χ1v) is 9.67. The zero-order valence-electron chi connectivity index (χ0n) is 15.6. The largest absolute Gasteiger partial charge is 0.493 e. The van der Waals surface area contributed by atoms with E-state index in [0.717, 1.165) is 41.3 Å². The average molecular weight is 361 g/mol. The van der Waals surface area contributed by atoms with Crippen molar-refractivity contribution in [2.24, 2.45) is 0 Å². The molecule has 0 atom stereocenters. The molecule has 0 unspecified atom stereocenters. The zero-order valence-corrected chi connectivity index (χ0v) is 16.5. The van der Waals surface area contributed by atoms with Crippen molar-refractivity contribution in [1.29, 1.82) is 0 Å². The number of hydrogen-bond acceptors (Lipinski definition) is 4. The van der Waals surface area contributed by atoms with Crippen molar-refractivity contribution in [2.45, 2.75) is 53.4 Å². The molecule has 1 amide bonds. The van der Waals surface area contributed by atoms with Crippen LogP contribution in [-0.2, 0) is 11.2 Å². The van der Waals surface area contributed by atoms with Crippen LogP contribution < -0.4 is 10.1 Å². The molecule has 4 nitrogen and oxygen atoms in total. The summed E-state index contributed by atoms with van der Waals surface area (Å²) in [5, 5.41) is 4.08. The number of benzene rings is 1. The van der Waals surface area contributed by atoms with E-state index in [0.29, 0.717) is 19.6 Å². The van der Waals surface area contributed by atoms with Crippen LogP contribution in [-0.4, -0.2) is 24.0 Å². The summed E-state index contributed by atoms with van der Waals surface area (Å²) in [5.74, 6) is 1.06. The highest BCUT2D eigenvalue weighted by Gasteiger charge is 2.06. The number of carbonyl (C=O) groups is 1. The smallest absolute Gasteiger partial charge is 0.220 e. The molecule has 25 heavy (non-hydrogen) atoms. The van der Waals surface area contributed by atoms with E-state index >= 15 is 0 Å². The highest BCUT2D eigenvalue weighted by Crippen LogP contribution is 2.19. The fourth-order valence-corrected chi connectivity index (χ4v) is 3.58. The molecule has 1 heterocycles. The number of aromatic nitrogens is 1. The lowest BCUT2D eigenvalue weighted by atomic mass is 10.1. The summed E-state index contributed by atoms with van der Waals surface area (Å²) in [5.41, 5.74) is 3.43. The highest BCUT2D eigenvalue weighted by atomic mass is 32.1.